The van der Waals surface area contributed by atoms with Crippen LogP contribution in [-0.4, -0.2) is 40.9 Å². The van der Waals surface area contributed by atoms with Gasteiger partial charge in [-0.05, 0) is 0 Å². The summed E-state index contributed by atoms with van der Waals surface area (Å²) < 4.78 is 10.3. The molecule has 1 unspecified atom stereocenters. The average molecular weight is 221 g/mol. The number of carboxylic acid groups (broad SMARTS) is 1. The van der Waals surface area contributed by atoms with Crippen molar-refractivity contribution in [1.29, 1.82) is 0 Å². The van der Waals surface area contributed by atoms with Crippen molar-refractivity contribution < 1.29 is 38.9 Å². The van der Waals surface area contributed by atoms with E-state index < -0.39 is 26.9 Å². The van der Waals surface area contributed by atoms with Crippen LogP contribution in [0.15, 0.2) is 0 Å². The zero-order valence-corrected chi connectivity index (χ0v) is 7.26. The molecule has 0 bridgehead atoms. The van der Waals surface area contributed by atoms with E-state index in [2.05, 4.69) is 0 Å². The number of carboxylic acids is 1. The molecule has 0 radical (unpaired) electrons. The number of aliphatic carboxylic acids is 1. The van der Waals surface area contributed by atoms with Gasteiger partial charge in [-0.25, -0.2) is 4.79 Å². The Balaban J connectivity index is 4.96. The zero-order valence-electron chi connectivity index (χ0n) is 5.47. The summed E-state index contributed by atoms with van der Waals surface area (Å²) in [4.78, 5) is 51.6. The van der Waals surface area contributed by atoms with E-state index in [1.165, 1.54) is 0 Å². The molecule has 0 spiro atoms. The maximum atomic E-state index is 10.3. The Morgan fingerprint density at radius 3 is 1.58 bits per heavy atom. The van der Waals surface area contributed by atoms with E-state index in [1.54, 1.807) is 0 Å². The highest BCUT2D eigenvalue weighted by molar-refractivity contribution is 7.75. The highest BCUT2D eigenvalue weighted by Gasteiger charge is 2.60. The van der Waals surface area contributed by atoms with Gasteiger partial charge in [-0.3, -0.25) is 4.57 Å². The number of hydrogen-bond acceptors (Lipinski definition) is 5. The molecule has 0 aliphatic heterocycles. The first-order valence-electron chi connectivity index (χ1n) is 2.42. The maximum absolute atomic E-state index is 10.3. The molecule has 0 rings (SSSR count). The second kappa shape index (κ2) is 3.35. The van der Waals surface area contributed by atoms with Crippen LogP contribution in [0.5, 0.6) is 0 Å². The maximum Gasteiger partial charge on any atom is 0.431 e. The van der Waals surface area contributed by atoms with E-state index in [0.29, 0.717) is 0 Å². The minimum atomic E-state index is -5.25. The van der Waals surface area contributed by atoms with E-state index in [4.69, 9.17) is 29.6 Å². The first-order chi connectivity index (χ1) is 5.07. The van der Waals surface area contributed by atoms with Gasteiger partial charge < -0.3 is 14.9 Å². The average Bonchev–Trinajstić information content (AvgIpc) is 1.49. The zero-order chi connectivity index (χ0) is 10.2. The van der Waals surface area contributed by atoms with Crippen molar-refractivity contribution in [2.24, 2.45) is 0 Å². The molecule has 0 aromatic carbocycles. The van der Waals surface area contributed by atoms with E-state index in [1.807, 2.05) is 0 Å². The Hall–Kier alpha value is -0.0700. The molecule has 8 nitrogen and oxygen atoms in total. The van der Waals surface area contributed by atoms with Crippen molar-refractivity contribution in [3.63, 3.8) is 0 Å². The SMILES string of the molecule is O=C(O)C(P(=O)(O)O)[P+](O)(O)O. The summed E-state index contributed by atoms with van der Waals surface area (Å²) in [6.07, 6.45) is 0. The molecule has 1 atom stereocenters. The third kappa shape index (κ3) is 3.12. The predicted octanol–water partition coefficient (Wildman–Crippen LogP) is -1.69. The van der Waals surface area contributed by atoms with Crippen LogP contribution in [0.1, 0.15) is 0 Å². The van der Waals surface area contributed by atoms with Gasteiger partial charge in [0.2, 0.25) is 0 Å². The molecular weight excluding hydrogens is 214 g/mol. The van der Waals surface area contributed by atoms with Crippen LogP contribution in [0.2, 0.25) is 0 Å². The standard InChI is InChI=1S/C2H6O8P2/c3-1(4)2(11(5,6)7)12(8,9)10/h2,5-7H,(H2-,3,4,8,9,10)/p+1. The Bertz CT molecular complexity index is 222. The normalized spacial score (nSPS) is 15.8. The summed E-state index contributed by atoms with van der Waals surface area (Å²) in [7, 11) is -10.3. The van der Waals surface area contributed by atoms with Gasteiger partial charge in [0.05, 0.1) is 0 Å². The molecule has 0 fully saturated rings. The van der Waals surface area contributed by atoms with Crippen LogP contribution < -0.4 is 0 Å². The van der Waals surface area contributed by atoms with Crippen LogP contribution in [0.25, 0.3) is 0 Å². The Morgan fingerprint density at radius 2 is 1.58 bits per heavy atom. The van der Waals surface area contributed by atoms with Crippen LogP contribution in [-0.2, 0) is 9.36 Å². The van der Waals surface area contributed by atoms with Gasteiger partial charge in [-0.15, -0.1) is 0 Å². The minimum absolute atomic E-state index is 2.16. The van der Waals surface area contributed by atoms with Crippen LogP contribution in [0.4, 0.5) is 0 Å². The lowest BCUT2D eigenvalue weighted by Crippen LogP contribution is -2.23. The summed E-state index contributed by atoms with van der Waals surface area (Å²) in [6.45, 7) is 0. The highest BCUT2D eigenvalue weighted by Crippen LogP contribution is 2.64. The van der Waals surface area contributed by atoms with Crippen molar-refractivity contribution in [2.45, 2.75) is 5.40 Å². The minimum Gasteiger partial charge on any atom is -0.478 e. The van der Waals surface area contributed by atoms with Crippen LogP contribution in [0, 0.1) is 0 Å². The molecule has 6 N–H and O–H groups in total. The van der Waals surface area contributed by atoms with Gasteiger partial charge in [0.1, 0.15) is 0 Å². The van der Waals surface area contributed by atoms with E-state index in [0.717, 1.165) is 0 Å². The van der Waals surface area contributed by atoms with E-state index in [-0.39, 0.29) is 0 Å². The fourth-order valence-corrected chi connectivity index (χ4v) is 2.69. The summed E-state index contributed by atoms with van der Waals surface area (Å²) in [6, 6.07) is 0. The van der Waals surface area contributed by atoms with Crippen molar-refractivity contribution in [1.82, 2.24) is 0 Å². The summed E-state index contributed by atoms with van der Waals surface area (Å²) in [5, 5.41) is 5.24. The molecule has 0 aromatic heterocycles. The van der Waals surface area contributed by atoms with Gasteiger partial charge in [0, 0.05) is 0 Å². The topological polar surface area (TPSA) is 156 Å². The summed E-state index contributed by atoms with van der Waals surface area (Å²) in [5.41, 5.74) is 0. The first kappa shape index (κ1) is 11.9. The highest BCUT2D eigenvalue weighted by atomic mass is 31.3. The van der Waals surface area contributed by atoms with Crippen LogP contribution >= 0.6 is 15.5 Å². The number of carbonyl (C=O) groups is 1. The summed E-state index contributed by atoms with van der Waals surface area (Å²) in [5.74, 6) is -2.16. The predicted molar refractivity (Wildman–Crippen MR) is 37.0 cm³/mol. The largest absolute Gasteiger partial charge is 0.478 e. The number of rotatable bonds is 3. The van der Waals surface area contributed by atoms with Gasteiger partial charge in [0.15, 0.2) is 0 Å². The number of hydrogen-bond donors (Lipinski definition) is 6. The smallest absolute Gasteiger partial charge is 0.431 e. The summed E-state index contributed by atoms with van der Waals surface area (Å²) >= 11 is 0. The third-order valence-corrected chi connectivity index (χ3v) is 4.43. The van der Waals surface area contributed by atoms with Crippen molar-refractivity contribution in [2.75, 3.05) is 0 Å². The molecule has 0 saturated carbocycles. The molecule has 0 heterocycles. The molecular formula is C2H7O8P2+. The molecule has 0 saturated heterocycles. The lowest BCUT2D eigenvalue weighted by atomic mass is 10.8. The van der Waals surface area contributed by atoms with Crippen molar-refractivity contribution in [3.05, 3.63) is 0 Å². The van der Waals surface area contributed by atoms with Gasteiger partial charge in [-0.1, -0.05) is 0 Å². The van der Waals surface area contributed by atoms with E-state index in [9.17, 15) is 9.36 Å². The lowest BCUT2D eigenvalue weighted by Gasteiger charge is -2.13. The second-order valence-corrected chi connectivity index (χ2v) is 5.76. The molecule has 10 heteroatoms. The monoisotopic (exact) mass is 221 g/mol. The van der Waals surface area contributed by atoms with E-state index >= 15 is 0 Å². The Kier molecular flexibility index (Phi) is 3.33. The van der Waals surface area contributed by atoms with Crippen LogP contribution in [0.3, 0.4) is 0 Å². The van der Waals surface area contributed by atoms with Gasteiger partial charge >= 0.3 is 26.9 Å². The third-order valence-electron chi connectivity index (χ3n) is 0.868. The van der Waals surface area contributed by atoms with Crippen molar-refractivity contribution in [3.8, 4) is 0 Å². The molecule has 0 aliphatic rings. The lowest BCUT2D eigenvalue weighted by molar-refractivity contribution is -0.135. The Labute approximate surface area is 66.8 Å². The first-order valence-corrected chi connectivity index (χ1v) is 5.81. The molecule has 0 aromatic rings. The Morgan fingerprint density at radius 1 is 1.25 bits per heavy atom. The molecule has 72 valence electrons. The second-order valence-electron chi connectivity index (χ2n) is 1.92. The van der Waals surface area contributed by atoms with Crippen molar-refractivity contribution >= 4 is 21.5 Å². The molecule has 12 heavy (non-hydrogen) atoms. The quantitative estimate of drug-likeness (QED) is 0.308. The van der Waals surface area contributed by atoms with Gasteiger partial charge in [0.25, 0.3) is 0 Å². The van der Waals surface area contributed by atoms with Gasteiger partial charge in [-0.2, -0.15) is 14.7 Å². The fraction of sp³-hybridized carbons (Fsp3) is 0.500. The fourth-order valence-electron chi connectivity index (χ4n) is 0.494. The molecule has 0 amide bonds. The molecule has 0 aliphatic carbocycles.